The highest BCUT2D eigenvalue weighted by Crippen LogP contribution is 2.21. The van der Waals surface area contributed by atoms with Gasteiger partial charge >= 0.3 is 11.9 Å². The highest BCUT2D eigenvalue weighted by atomic mass is 16.4. The summed E-state index contributed by atoms with van der Waals surface area (Å²) in [5.41, 5.74) is 1.04. The van der Waals surface area contributed by atoms with Crippen LogP contribution in [-0.4, -0.2) is 27.9 Å². The molecule has 148 valence electrons. The van der Waals surface area contributed by atoms with Crippen molar-refractivity contribution in [1.82, 2.24) is 0 Å². The predicted octanol–water partition coefficient (Wildman–Crippen LogP) is 5.07. The monoisotopic (exact) mass is 382 g/mol. The van der Waals surface area contributed by atoms with Crippen LogP contribution in [0.25, 0.3) is 0 Å². The summed E-state index contributed by atoms with van der Waals surface area (Å²) >= 11 is 0. The summed E-state index contributed by atoms with van der Waals surface area (Å²) in [6, 6.07) is 10.6. The van der Waals surface area contributed by atoms with E-state index in [4.69, 9.17) is 5.11 Å². The normalized spacial score (nSPS) is 11.8. The number of hydrogen-bond donors (Lipinski definition) is 2. The molecule has 1 unspecified atom stereocenters. The maximum Gasteiger partial charge on any atom is 0.336 e. The van der Waals surface area contributed by atoms with Gasteiger partial charge < -0.3 is 10.2 Å². The van der Waals surface area contributed by atoms with E-state index >= 15 is 0 Å². The first-order valence-electron chi connectivity index (χ1n) is 9.61. The molecule has 0 fully saturated rings. The number of carbonyl (C=O) groups excluding carboxylic acids is 1. The number of rotatable bonds is 10. The minimum atomic E-state index is -1.27. The van der Waals surface area contributed by atoms with Gasteiger partial charge in [0.15, 0.2) is 5.78 Å². The third-order valence-electron chi connectivity index (χ3n) is 5.03. The smallest absolute Gasteiger partial charge is 0.336 e. The van der Waals surface area contributed by atoms with Crippen LogP contribution in [-0.2, 0) is 6.42 Å². The van der Waals surface area contributed by atoms with E-state index in [0.717, 1.165) is 30.5 Å². The molecule has 0 saturated heterocycles. The molecule has 0 aliphatic heterocycles. The minimum absolute atomic E-state index is 0.116. The fraction of sp³-hybridized carbons (Fsp3) is 0.348. The molecule has 0 aliphatic rings. The van der Waals surface area contributed by atoms with Gasteiger partial charge in [-0.05, 0) is 36.1 Å². The molecule has 0 saturated carbocycles. The first kappa shape index (κ1) is 21.4. The molecule has 28 heavy (non-hydrogen) atoms. The van der Waals surface area contributed by atoms with Gasteiger partial charge in [-0.2, -0.15) is 0 Å². The minimum Gasteiger partial charge on any atom is -0.478 e. The van der Waals surface area contributed by atoms with Gasteiger partial charge in [-0.3, -0.25) is 4.79 Å². The van der Waals surface area contributed by atoms with Crippen LogP contribution < -0.4 is 0 Å². The number of carboxylic acids is 2. The lowest BCUT2D eigenvalue weighted by molar-refractivity contribution is 0.0679. The number of hydrogen-bond acceptors (Lipinski definition) is 3. The quantitative estimate of drug-likeness (QED) is 0.560. The van der Waals surface area contributed by atoms with Crippen molar-refractivity contribution in [2.75, 3.05) is 0 Å². The lowest BCUT2D eigenvalue weighted by Crippen LogP contribution is -2.12. The molecule has 0 aromatic heterocycles. The van der Waals surface area contributed by atoms with Crippen LogP contribution in [0, 0.1) is 5.92 Å². The molecule has 2 rings (SSSR count). The van der Waals surface area contributed by atoms with Crippen LogP contribution in [0.3, 0.4) is 0 Å². The van der Waals surface area contributed by atoms with E-state index in [1.807, 2.05) is 12.1 Å². The van der Waals surface area contributed by atoms with Crippen LogP contribution in [0.2, 0.25) is 0 Å². The zero-order chi connectivity index (χ0) is 20.7. The molecule has 0 heterocycles. The Morgan fingerprint density at radius 2 is 1.50 bits per heavy atom. The standard InChI is InChI=1S/C23H26O5/c1-3-5-6-15(4-2)13-16-7-9-17(10-8-16)21(24)20-14-18(22(25)26)11-12-19(20)23(27)28/h7-12,14-15H,3-6,13H2,1-2H3,(H,25,26)(H,27,28). The summed E-state index contributed by atoms with van der Waals surface area (Å²) < 4.78 is 0. The fourth-order valence-electron chi connectivity index (χ4n) is 3.28. The van der Waals surface area contributed by atoms with Gasteiger partial charge in [-0.25, -0.2) is 9.59 Å². The Morgan fingerprint density at radius 1 is 0.857 bits per heavy atom. The molecule has 1 atom stereocenters. The summed E-state index contributed by atoms with van der Waals surface area (Å²) in [6.45, 7) is 4.36. The van der Waals surface area contributed by atoms with Gasteiger partial charge in [0.25, 0.3) is 0 Å². The number of ketones is 1. The zero-order valence-corrected chi connectivity index (χ0v) is 16.3. The Hall–Kier alpha value is -2.95. The van der Waals surface area contributed by atoms with Crippen molar-refractivity contribution in [3.05, 3.63) is 70.3 Å². The SMILES string of the molecule is CCCCC(CC)Cc1ccc(C(=O)c2cc(C(=O)O)ccc2C(=O)O)cc1. The second kappa shape index (κ2) is 9.83. The van der Waals surface area contributed by atoms with Gasteiger partial charge in [0.1, 0.15) is 0 Å². The number of unbranched alkanes of at least 4 members (excludes halogenated alkanes) is 1. The van der Waals surface area contributed by atoms with E-state index in [2.05, 4.69) is 13.8 Å². The van der Waals surface area contributed by atoms with Gasteiger partial charge in [0, 0.05) is 11.1 Å². The summed E-state index contributed by atoms with van der Waals surface area (Å²) in [4.78, 5) is 35.4. The number of benzene rings is 2. The third kappa shape index (κ3) is 5.28. The maximum atomic E-state index is 12.8. The third-order valence-corrected chi connectivity index (χ3v) is 5.03. The Balaban J connectivity index is 2.26. The molecule has 5 heteroatoms. The van der Waals surface area contributed by atoms with Crippen molar-refractivity contribution in [3.8, 4) is 0 Å². The second-order valence-corrected chi connectivity index (χ2v) is 7.02. The van der Waals surface area contributed by atoms with E-state index in [9.17, 15) is 19.5 Å². The molecule has 0 aliphatic carbocycles. The molecule has 2 aromatic rings. The number of carbonyl (C=O) groups is 3. The molecule has 2 aromatic carbocycles. The lowest BCUT2D eigenvalue weighted by atomic mass is 9.90. The highest BCUT2D eigenvalue weighted by molar-refractivity contribution is 6.15. The van der Waals surface area contributed by atoms with Gasteiger partial charge in [0.2, 0.25) is 0 Å². The molecular weight excluding hydrogens is 356 g/mol. The number of aromatic carboxylic acids is 2. The van der Waals surface area contributed by atoms with Gasteiger partial charge in [-0.15, -0.1) is 0 Å². The Kier molecular flexibility index (Phi) is 7.50. The fourth-order valence-corrected chi connectivity index (χ4v) is 3.28. The average Bonchev–Trinajstić information content (AvgIpc) is 2.70. The molecule has 0 amide bonds. The first-order valence-corrected chi connectivity index (χ1v) is 9.61. The Morgan fingerprint density at radius 3 is 2.04 bits per heavy atom. The molecule has 0 radical (unpaired) electrons. The van der Waals surface area contributed by atoms with Crippen LogP contribution in [0.1, 0.15) is 81.7 Å². The Bertz CT molecular complexity index is 852. The first-order chi connectivity index (χ1) is 13.4. The van der Waals surface area contributed by atoms with Crippen LogP contribution in [0.4, 0.5) is 0 Å². The molecular formula is C23H26O5. The number of carboxylic acid groups (broad SMARTS) is 2. The molecule has 5 nitrogen and oxygen atoms in total. The van der Waals surface area contributed by atoms with Crippen molar-refractivity contribution < 1.29 is 24.6 Å². The summed E-state index contributed by atoms with van der Waals surface area (Å²) in [6.07, 6.45) is 5.60. The summed E-state index contributed by atoms with van der Waals surface area (Å²) in [5.74, 6) is -2.37. The Labute approximate surface area is 165 Å². The lowest BCUT2D eigenvalue weighted by Gasteiger charge is -2.14. The average molecular weight is 382 g/mol. The summed E-state index contributed by atoms with van der Waals surface area (Å²) in [5, 5.41) is 18.5. The van der Waals surface area contributed by atoms with Crippen molar-refractivity contribution in [3.63, 3.8) is 0 Å². The largest absolute Gasteiger partial charge is 0.478 e. The van der Waals surface area contributed by atoms with Crippen molar-refractivity contribution in [1.29, 1.82) is 0 Å². The van der Waals surface area contributed by atoms with Crippen LogP contribution in [0.5, 0.6) is 0 Å². The van der Waals surface area contributed by atoms with Crippen molar-refractivity contribution in [2.24, 2.45) is 5.92 Å². The van der Waals surface area contributed by atoms with Crippen molar-refractivity contribution >= 4 is 17.7 Å². The maximum absolute atomic E-state index is 12.8. The topological polar surface area (TPSA) is 91.7 Å². The zero-order valence-electron chi connectivity index (χ0n) is 16.3. The van der Waals surface area contributed by atoms with E-state index < -0.39 is 17.7 Å². The van der Waals surface area contributed by atoms with E-state index in [0.29, 0.717) is 11.5 Å². The van der Waals surface area contributed by atoms with E-state index in [1.54, 1.807) is 12.1 Å². The second-order valence-electron chi connectivity index (χ2n) is 7.02. The predicted molar refractivity (Wildman–Crippen MR) is 107 cm³/mol. The molecule has 0 bridgehead atoms. The van der Waals surface area contributed by atoms with E-state index in [-0.39, 0.29) is 16.7 Å². The van der Waals surface area contributed by atoms with E-state index in [1.165, 1.54) is 25.3 Å². The van der Waals surface area contributed by atoms with Crippen LogP contribution >= 0.6 is 0 Å². The van der Waals surface area contributed by atoms with Gasteiger partial charge in [-0.1, -0.05) is 63.8 Å². The molecule has 2 N–H and O–H groups in total. The van der Waals surface area contributed by atoms with Gasteiger partial charge in [0.05, 0.1) is 11.1 Å². The molecule has 0 spiro atoms. The highest BCUT2D eigenvalue weighted by Gasteiger charge is 2.20. The summed E-state index contributed by atoms with van der Waals surface area (Å²) in [7, 11) is 0. The van der Waals surface area contributed by atoms with Crippen molar-refractivity contribution in [2.45, 2.75) is 46.0 Å². The van der Waals surface area contributed by atoms with Crippen LogP contribution in [0.15, 0.2) is 42.5 Å².